The third kappa shape index (κ3) is 3.86. The van der Waals surface area contributed by atoms with Crippen LogP contribution in [-0.4, -0.2) is 22.5 Å². The Morgan fingerprint density at radius 3 is 1.44 bits per heavy atom. The van der Waals surface area contributed by atoms with Crippen LogP contribution < -0.4 is 4.90 Å². The molecule has 5 aromatic rings. The van der Waals surface area contributed by atoms with Gasteiger partial charge in [-0.3, -0.25) is 24.5 Å². The first-order chi connectivity index (χ1) is 23.2. The first-order valence-electron chi connectivity index (χ1n) is 15.3. The summed E-state index contributed by atoms with van der Waals surface area (Å²) < 4.78 is 0. The monoisotopic (exact) mass is 670 g/mol. The number of fused-ring (bicyclic) bond motifs is 5. The number of carbonyl (C=O) groups is 3. The van der Waals surface area contributed by atoms with Crippen LogP contribution in [0.25, 0.3) is 11.1 Å². The van der Waals surface area contributed by atoms with Gasteiger partial charge >= 0.3 is 0 Å². The van der Waals surface area contributed by atoms with Crippen molar-refractivity contribution in [1.29, 1.82) is 0 Å². The van der Waals surface area contributed by atoms with E-state index in [1.54, 1.807) is 48.5 Å². The lowest BCUT2D eigenvalue weighted by Crippen LogP contribution is -2.45. The average molecular weight is 672 g/mol. The topological polar surface area (TPSA) is 97.6 Å². The van der Waals surface area contributed by atoms with Gasteiger partial charge in [-0.15, -0.1) is 0 Å². The number of allylic oxidation sites excluding steroid dienone is 2. The molecule has 2 amide bonds. The molecule has 0 unspecified atom stereocenters. The molecule has 7 nitrogen and oxygen atoms in total. The molecule has 4 atom stereocenters. The number of Topliss-reactive ketones (excluding diaryl/α,β-unsaturated/α-hetero) is 1. The number of carbonyl (C=O) groups excluding carboxylic acids is 3. The Morgan fingerprint density at radius 2 is 1.02 bits per heavy atom. The predicted molar refractivity (Wildman–Crippen MR) is 184 cm³/mol. The maximum absolute atomic E-state index is 15.9. The van der Waals surface area contributed by atoms with Gasteiger partial charge in [0, 0.05) is 22.2 Å². The van der Waals surface area contributed by atoms with Crippen molar-refractivity contribution in [1.82, 2.24) is 0 Å². The predicted octanol–water partition coefficient (Wildman–Crippen LogP) is 8.09. The van der Waals surface area contributed by atoms with Crippen molar-refractivity contribution < 1.29 is 19.3 Å². The van der Waals surface area contributed by atoms with E-state index in [-0.39, 0.29) is 17.2 Å². The number of nitro groups is 1. The molecular weight excluding hydrogens is 647 g/mol. The molecule has 1 heterocycles. The molecule has 8 rings (SSSR count). The Kier molecular flexibility index (Phi) is 6.77. The van der Waals surface area contributed by atoms with Crippen molar-refractivity contribution in [2.24, 2.45) is 11.8 Å². The SMILES string of the molecule is O=C1[C@H]2[C@H](C(=O)N1c1cccc([N+](=O)[O-])c1)[C@]1(c3ccc(Cl)cc3)C(=O)[C@@]2(c2ccc(Cl)cc2)C(c2ccccc2)=C1c1ccccc1. The Balaban J connectivity index is 1.54. The summed E-state index contributed by atoms with van der Waals surface area (Å²) in [6, 6.07) is 38.1. The van der Waals surface area contributed by atoms with Crippen LogP contribution in [0.1, 0.15) is 22.3 Å². The molecule has 0 aromatic heterocycles. The summed E-state index contributed by atoms with van der Waals surface area (Å²) >= 11 is 12.8. The Labute approximate surface area is 285 Å². The van der Waals surface area contributed by atoms with E-state index in [1.165, 1.54) is 24.3 Å². The Morgan fingerprint density at radius 1 is 0.583 bits per heavy atom. The van der Waals surface area contributed by atoms with E-state index < -0.39 is 39.4 Å². The lowest BCUT2D eigenvalue weighted by molar-refractivity contribution is -0.384. The lowest BCUT2D eigenvalue weighted by Gasteiger charge is -2.39. The van der Waals surface area contributed by atoms with Gasteiger partial charge in [-0.05, 0) is 63.7 Å². The minimum absolute atomic E-state index is 0.0699. The number of halogens is 2. The third-order valence-corrected chi connectivity index (χ3v) is 10.5. The number of imide groups is 1. The number of hydrogen-bond acceptors (Lipinski definition) is 5. The number of nitrogens with zero attached hydrogens (tertiary/aromatic N) is 2. The van der Waals surface area contributed by atoms with E-state index in [0.29, 0.717) is 32.3 Å². The molecule has 0 radical (unpaired) electrons. The molecular formula is C39H24Cl2N2O5. The van der Waals surface area contributed by atoms with E-state index in [9.17, 15) is 10.1 Å². The van der Waals surface area contributed by atoms with E-state index >= 15 is 14.4 Å². The van der Waals surface area contributed by atoms with Crippen LogP contribution in [0.2, 0.25) is 10.0 Å². The molecule has 2 fully saturated rings. The van der Waals surface area contributed by atoms with Crippen molar-refractivity contribution in [3.8, 4) is 0 Å². The fourth-order valence-corrected chi connectivity index (χ4v) is 8.61. The molecule has 9 heteroatoms. The van der Waals surface area contributed by atoms with Crippen LogP contribution in [-0.2, 0) is 25.2 Å². The van der Waals surface area contributed by atoms with E-state index in [1.807, 2.05) is 60.7 Å². The van der Waals surface area contributed by atoms with Crippen LogP contribution in [0.3, 0.4) is 0 Å². The van der Waals surface area contributed by atoms with Crippen LogP contribution in [0.4, 0.5) is 11.4 Å². The highest BCUT2D eigenvalue weighted by Crippen LogP contribution is 2.74. The average Bonchev–Trinajstić information content (AvgIpc) is 3.61. The number of non-ortho nitro benzene ring substituents is 1. The van der Waals surface area contributed by atoms with Crippen LogP contribution in [0, 0.1) is 22.0 Å². The lowest BCUT2D eigenvalue weighted by atomic mass is 9.59. The summed E-state index contributed by atoms with van der Waals surface area (Å²) in [6.45, 7) is 0. The molecule has 1 saturated carbocycles. The minimum Gasteiger partial charge on any atom is -0.297 e. The zero-order valence-electron chi connectivity index (χ0n) is 25.0. The first-order valence-corrected chi connectivity index (χ1v) is 16.0. The van der Waals surface area contributed by atoms with Gasteiger partial charge in [0.25, 0.3) is 5.69 Å². The minimum atomic E-state index is -1.64. The van der Waals surface area contributed by atoms with Crippen LogP contribution in [0.15, 0.2) is 133 Å². The molecule has 2 aliphatic carbocycles. The summed E-state index contributed by atoms with van der Waals surface area (Å²) in [5, 5.41) is 12.6. The molecule has 0 N–H and O–H groups in total. The van der Waals surface area contributed by atoms with Gasteiger partial charge in [-0.25, -0.2) is 4.90 Å². The summed E-state index contributed by atoms with van der Waals surface area (Å²) in [6.07, 6.45) is 0. The highest BCUT2D eigenvalue weighted by Gasteiger charge is 2.82. The number of hydrogen-bond donors (Lipinski definition) is 0. The number of benzene rings is 5. The van der Waals surface area contributed by atoms with E-state index in [2.05, 4.69) is 0 Å². The molecule has 3 aliphatic rings. The quantitative estimate of drug-likeness (QED) is 0.103. The summed E-state index contributed by atoms with van der Waals surface area (Å²) in [5.74, 6) is -3.88. The summed E-state index contributed by atoms with van der Waals surface area (Å²) in [4.78, 5) is 58.2. The van der Waals surface area contributed by atoms with Gasteiger partial charge < -0.3 is 0 Å². The van der Waals surface area contributed by atoms with Crippen molar-refractivity contribution in [2.45, 2.75) is 10.8 Å². The third-order valence-electron chi connectivity index (χ3n) is 10.0. The molecule has 5 aromatic carbocycles. The van der Waals surface area contributed by atoms with Gasteiger partial charge in [0.05, 0.1) is 33.3 Å². The Hall–Kier alpha value is -5.37. The van der Waals surface area contributed by atoms with Gasteiger partial charge in [0.15, 0.2) is 5.78 Å². The van der Waals surface area contributed by atoms with Crippen molar-refractivity contribution in [3.63, 3.8) is 0 Å². The van der Waals surface area contributed by atoms with Gasteiger partial charge in [-0.1, -0.05) is 114 Å². The van der Waals surface area contributed by atoms with E-state index in [0.717, 1.165) is 16.0 Å². The van der Waals surface area contributed by atoms with Crippen molar-refractivity contribution in [3.05, 3.63) is 176 Å². The second-order valence-electron chi connectivity index (χ2n) is 12.2. The molecule has 2 bridgehead atoms. The van der Waals surface area contributed by atoms with Gasteiger partial charge in [-0.2, -0.15) is 0 Å². The fraction of sp³-hybridized carbons (Fsp3) is 0.103. The van der Waals surface area contributed by atoms with Crippen molar-refractivity contribution >= 4 is 63.3 Å². The number of ketones is 1. The summed E-state index contributed by atoms with van der Waals surface area (Å²) in [7, 11) is 0. The standard InChI is InChI=1S/C39H24Cl2N2O5/c40-27-18-14-25(15-19-27)38-31(23-8-3-1-4-9-23)32(24-10-5-2-6-11-24)39(37(38)46,26-16-20-28(41)21-17-26)34-33(38)35(44)42(36(34)45)29-12-7-13-30(22-29)43(47)48/h1-22,33-34H/t33-,34-,38-,39+/m1/s1. The first kappa shape index (κ1) is 30.0. The zero-order valence-corrected chi connectivity index (χ0v) is 26.6. The number of amides is 2. The molecule has 0 spiro atoms. The molecule has 234 valence electrons. The highest BCUT2D eigenvalue weighted by molar-refractivity contribution is 6.39. The number of rotatable bonds is 6. The zero-order chi connectivity index (χ0) is 33.4. The smallest absolute Gasteiger partial charge is 0.271 e. The second kappa shape index (κ2) is 10.8. The van der Waals surface area contributed by atoms with Gasteiger partial charge in [0.1, 0.15) is 0 Å². The molecule has 48 heavy (non-hydrogen) atoms. The normalized spacial score (nSPS) is 24.4. The highest BCUT2D eigenvalue weighted by atomic mass is 35.5. The van der Waals surface area contributed by atoms with Crippen molar-refractivity contribution in [2.75, 3.05) is 4.90 Å². The molecule has 1 saturated heterocycles. The maximum Gasteiger partial charge on any atom is 0.271 e. The number of nitro benzene ring substituents is 1. The summed E-state index contributed by atoms with van der Waals surface area (Å²) in [5.41, 5.74) is 0.278. The van der Waals surface area contributed by atoms with Crippen LogP contribution in [0.5, 0.6) is 0 Å². The van der Waals surface area contributed by atoms with Gasteiger partial charge in [0.2, 0.25) is 11.8 Å². The second-order valence-corrected chi connectivity index (χ2v) is 13.1. The molecule has 1 aliphatic heterocycles. The number of anilines is 1. The largest absolute Gasteiger partial charge is 0.297 e. The van der Waals surface area contributed by atoms with Crippen LogP contribution >= 0.6 is 23.2 Å². The fourth-order valence-electron chi connectivity index (χ4n) is 8.36. The Bertz CT molecular complexity index is 2080. The van der Waals surface area contributed by atoms with E-state index in [4.69, 9.17) is 23.2 Å². The maximum atomic E-state index is 15.9.